The summed E-state index contributed by atoms with van der Waals surface area (Å²) in [6.07, 6.45) is 0. The summed E-state index contributed by atoms with van der Waals surface area (Å²) >= 11 is 0. The summed E-state index contributed by atoms with van der Waals surface area (Å²) in [6.45, 7) is 3.52. The van der Waals surface area contributed by atoms with E-state index < -0.39 is 17.6 Å². The van der Waals surface area contributed by atoms with Crippen LogP contribution >= 0.6 is 0 Å². The topological polar surface area (TPSA) is 64.6 Å². The maximum absolute atomic E-state index is 11.3. The molecular weight excluding hydrogens is 174 g/mol. The highest BCUT2D eigenvalue weighted by atomic mass is 16.5. The first-order valence-electron chi connectivity index (χ1n) is 4.00. The molecule has 1 rings (SSSR count). The molecule has 1 N–H and O–H groups in total. The van der Waals surface area contributed by atoms with Gasteiger partial charge in [-0.1, -0.05) is 0 Å². The number of rotatable bonds is 1. The van der Waals surface area contributed by atoms with Gasteiger partial charge in [0.1, 0.15) is 5.72 Å². The molecule has 13 heavy (non-hydrogen) atoms. The van der Waals surface area contributed by atoms with Crippen LogP contribution in [-0.2, 0) is 19.1 Å². The molecule has 1 unspecified atom stereocenters. The van der Waals surface area contributed by atoms with Gasteiger partial charge in [-0.2, -0.15) is 0 Å². The number of amides is 1. The third-order valence-electron chi connectivity index (χ3n) is 1.84. The predicted molar refractivity (Wildman–Crippen MR) is 43.7 cm³/mol. The van der Waals surface area contributed by atoms with E-state index in [9.17, 15) is 9.59 Å². The number of methoxy groups -OCH3 is 1. The van der Waals surface area contributed by atoms with E-state index in [-0.39, 0.29) is 12.5 Å². The predicted octanol–water partition coefficient (Wildman–Crippen LogP) is -0.342. The second kappa shape index (κ2) is 3.33. The average Bonchev–Trinajstić information content (AvgIpc) is 2.01. The van der Waals surface area contributed by atoms with Crippen LogP contribution in [0.5, 0.6) is 0 Å². The second-order valence-corrected chi connectivity index (χ2v) is 3.39. The lowest BCUT2D eigenvalue weighted by Gasteiger charge is -2.34. The maximum atomic E-state index is 11.3. The lowest BCUT2D eigenvalue weighted by atomic mass is 10.1. The van der Waals surface area contributed by atoms with E-state index in [1.54, 1.807) is 13.8 Å². The van der Waals surface area contributed by atoms with Crippen molar-refractivity contribution >= 4 is 11.9 Å². The van der Waals surface area contributed by atoms with Gasteiger partial charge in [-0.25, -0.2) is 0 Å². The van der Waals surface area contributed by atoms with Crippen LogP contribution in [0.15, 0.2) is 0 Å². The molecule has 74 valence electrons. The van der Waals surface area contributed by atoms with E-state index in [2.05, 4.69) is 10.1 Å². The van der Waals surface area contributed by atoms with E-state index in [0.717, 1.165) is 0 Å². The van der Waals surface area contributed by atoms with E-state index in [1.807, 2.05) is 0 Å². The van der Waals surface area contributed by atoms with Crippen molar-refractivity contribution in [3.63, 3.8) is 0 Å². The molecule has 1 aliphatic rings. The van der Waals surface area contributed by atoms with Gasteiger partial charge < -0.3 is 14.8 Å². The molecule has 1 atom stereocenters. The second-order valence-electron chi connectivity index (χ2n) is 3.39. The molecule has 1 amide bonds. The number of nitrogens with one attached hydrogen (secondary N) is 1. The Kier molecular flexibility index (Phi) is 2.56. The molecule has 5 heteroatoms. The average molecular weight is 187 g/mol. The molecule has 0 saturated carbocycles. The molecule has 0 aliphatic carbocycles. The van der Waals surface area contributed by atoms with Crippen molar-refractivity contribution in [1.29, 1.82) is 0 Å². The SMILES string of the molecule is COC(=O)C1COC(C)(C)NC1=O. The number of carbonyl (C=O) groups is 2. The summed E-state index contributed by atoms with van der Waals surface area (Å²) in [5, 5.41) is 2.56. The number of ether oxygens (including phenoxy) is 2. The zero-order chi connectivity index (χ0) is 10.1. The van der Waals surface area contributed by atoms with Gasteiger partial charge in [0.2, 0.25) is 5.91 Å². The van der Waals surface area contributed by atoms with Crippen molar-refractivity contribution in [2.75, 3.05) is 13.7 Å². The quantitative estimate of drug-likeness (QED) is 0.450. The molecule has 1 aliphatic heterocycles. The summed E-state index contributed by atoms with van der Waals surface area (Å²) in [4.78, 5) is 22.3. The van der Waals surface area contributed by atoms with Crippen LogP contribution in [0.2, 0.25) is 0 Å². The van der Waals surface area contributed by atoms with Crippen molar-refractivity contribution in [2.24, 2.45) is 5.92 Å². The van der Waals surface area contributed by atoms with Crippen LogP contribution in [0.1, 0.15) is 13.8 Å². The Hall–Kier alpha value is -1.10. The van der Waals surface area contributed by atoms with Crippen LogP contribution in [0.3, 0.4) is 0 Å². The number of hydrogen-bond donors (Lipinski definition) is 1. The zero-order valence-electron chi connectivity index (χ0n) is 7.92. The Morgan fingerprint density at radius 1 is 1.69 bits per heavy atom. The molecular formula is C8H13NO4. The van der Waals surface area contributed by atoms with Gasteiger partial charge in [0.25, 0.3) is 0 Å². The van der Waals surface area contributed by atoms with Crippen LogP contribution in [-0.4, -0.2) is 31.3 Å². The highest BCUT2D eigenvalue weighted by Crippen LogP contribution is 2.15. The van der Waals surface area contributed by atoms with Crippen molar-refractivity contribution in [1.82, 2.24) is 5.32 Å². The summed E-state index contributed by atoms with van der Waals surface area (Å²) in [6, 6.07) is 0. The summed E-state index contributed by atoms with van der Waals surface area (Å²) in [7, 11) is 1.25. The molecule has 5 nitrogen and oxygen atoms in total. The third kappa shape index (κ3) is 2.18. The molecule has 0 aromatic carbocycles. The first-order chi connectivity index (χ1) is 5.96. The molecule has 0 aromatic heterocycles. The molecule has 0 aromatic rings. The van der Waals surface area contributed by atoms with Gasteiger partial charge in [0.05, 0.1) is 13.7 Å². The summed E-state index contributed by atoms with van der Waals surface area (Å²) < 4.78 is 9.69. The fourth-order valence-electron chi connectivity index (χ4n) is 1.10. The fraction of sp³-hybridized carbons (Fsp3) is 0.750. The highest BCUT2D eigenvalue weighted by Gasteiger charge is 2.38. The number of hydrogen-bond acceptors (Lipinski definition) is 4. The van der Waals surface area contributed by atoms with E-state index in [4.69, 9.17) is 4.74 Å². The van der Waals surface area contributed by atoms with Crippen LogP contribution in [0.4, 0.5) is 0 Å². The standard InChI is InChI=1S/C8H13NO4/c1-8(2)9-6(10)5(4-13-8)7(11)12-3/h5H,4H2,1-3H3,(H,9,10). The molecule has 0 bridgehead atoms. The maximum Gasteiger partial charge on any atom is 0.320 e. The lowest BCUT2D eigenvalue weighted by Crippen LogP contribution is -2.56. The Bertz CT molecular complexity index is 236. The van der Waals surface area contributed by atoms with Crippen LogP contribution in [0.25, 0.3) is 0 Å². The minimum absolute atomic E-state index is 0.0749. The molecule has 0 spiro atoms. The van der Waals surface area contributed by atoms with E-state index in [0.29, 0.717) is 0 Å². The van der Waals surface area contributed by atoms with Gasteiger partial charge >= 0.3 is 5.97 Å². The minimum Gasteiger partial charge on any atom is -0.468 e. The number of carbonyl (C=O) groups excluding carboxylic acids is 2. The smallest absolute Gasteiger partial charge is 0.320 e. The van der Waals surface area contributed by atoms with Crippen LogP contribution < -0.4 is 5.32 Å². The molecule has 1 fully saturated rings. The molecule has 0 radical (unpaired) electrons. The van der Waals surface area contributed by atoms with Crippen molar-refractivity contribution < 1.29 is 19.1 Å². The van der Waals surface area contributed by atoms with Gasteiger partial charge in [0, 0.05) is 0 Å². The molecule has 1 heterocycles. The van der Waals surface area contributed by atoms with Gasteiger partial charge in [-0.15, -0.1) is 0 Å². The minimum atomic E-state index is -0.835. The first kappa shape index (κ1) is 9.98. The largest absolute Gasteiger partial charge is 0.468 e. The normalized spacial score (nSPS) is 26.4. The van der Waals surface area contributed by atoms with Gasteiger partial charge in [0.15, 0.2) is 5.92 Å². The van der Waals surface area contributed by atoms with Crippen molar-refractivity contribution in [3.8, 4) is 0 Å². The lowest BCUT2D eigenvalue weighted by molar-refractivity contribution is -0.168. The van der Waals surface area contributed by atoms with Gasteiger partial charge in [-0.05, 0) is 13.8 Å². The van der Waals surface area contributed by atoms with Crippen molar-refractivity contribution in [3.05, 3.63) is 0 Å². The van der Waals surface area contributed by atoms with Gasteiger partial charge in [-0.3, -0.25) is 9.59 Å². The third-order valence-corrected chi connectivity index (χ3v) is 1.84. The highest BCUT2D eigenvalue weighted by molar-refractivity contribution is 5.98. The van der Waals surface area contributed by atoms with E-state index >= 15 is 0 Å². The Labute approximate surface area is 76.4 Å². The van der Waals surface area contributed by atoms with E-state index in [1.165, 1.54) is 7.11 Å². The van der Waals surface area contributed by atoms with Crippen molar-refractivity contribution in [2.45, 2.75) is 19.6 Å². The van der Waals surface area contributed by atoms with Crippen LogP contribution in [0, 0.1) is 5.92 Å². The molecule has 1 saturated heterocycles. The Morgan fingerprint density at radius 2 is 2.31 bits per heavy atom. The summed E-state index contributed by atoms with van der Waals surface area (Å²) in [5.74, 6) is -1.74. The zero-order valence-corrected chi connectivity index (χ0v) is 7.92. The Morgan fingerprint density at radius 3 is 2.77 bits per heavy atom. The first-order valence-corrected chi connectivity index (χ1v) is 4.00. The fourth-order valence-corrected chi connectivity index (χ4v) is 1.10. The number of esters is 1. The Balaban J connectivity index is 2.64. The monoisotopic (exact) mass is 187 g/mol. The summed E-state index contributed by atoms with van der Waals surface area (Å²) in [5.41, 5.74) is -0.693.